The van der Waals surface area contributed by atoms with E-state index >= 15 is 0 Å². The summed E-state index contributed by atoms with van der Waals surface area (Å²) >= 11 is 5.93. The highest BCUT2D eigenvalue weighted by Gasteiger charge is 2.34. The van der Waals surface area contributed by atoms with Crippen LogP contribution in [0, 0.1) is 10.1 Å². The molecule has 108 valence electrons. The van der Waals surface area contributed by atoms with Crippen molar-refractivity contribution >= 4 is 23.2 Å². The highest BCUT2D eigenvalue weighted by atomic mass is 35.5. The molecule has 1 aliphatic rings. The molecular formula is C12H14ClN3O4. The third kappa shape index (κ3) is 2.60. The molecule has 1 heterocycles. The summed E-state index contributed by atoms with van der Waals surface area (Å²) in [6.07, 6.45) is -0.703. The number of benzene rings is 1. The highest BCUT2D eigenvalue weighted by Crippen LogP contribution is 2.28. The van der Waals surface area contributed by atoms with Gasteiger partial charge in [0.1, 0.15) is 5.56 Å². The predicted octanol–water partition coefficient (Wildman–Crippen LogP) is 0.653. The van der Waals surface area contributed by atoms with Crippen molar-refractivity contribution < 1.29 is 14.8 Å². The van der Waals surface area contributed by atoms with Gasteiger partial charge in [0, 0.05) is 26.2 Å². The Morgan fingerprint density at radius 1 is 1.55 bits per heavy atom. The Hall–Kier alpha value is -1.70. The first-order valence-electron chi connectivity index (χ1n) is 6.02. The lowest BCUT2D eigenvalue weighted by Gasteiger charge is -2.26. The largest absolute Gasteiger partial charge is 0.390 e. The fraction of sp³-hybridized carbons (Fsp3) is 0.417. The number of halogens is 1. The molecule has 0 unspecified atom stereocenters. The van der Waals surface area contributed by atoms with Crippen LogP contribution in [0.25, 0.3) is 0 Å². The van der Waals surface area contributed by atoms with Crippen LogP contribution in [-0.4, -0.2) is 53.1 Å². The van der Waals surface area contributed by atoms with Crippen molar-refractivity contribution in [1.29, 1.82) is 0 Å². The first-order valence-corrected chi connectivity index (χ1v) is 6.40. The van der Waals surface area contributed by atoms with Gasteiger partial charge >= 0.3 is 0 Å². The lowest BCUT2D eigenvalue weighted by molar-refractivity contribution is -0.385. The molecule has 0 aromatic heterocycles. The standard InChI is InChI=1S/C12H14ClN3O4/c1-15(9-5-14-6-10(9)17)12(18)11-7(13)3-2-4-8(11)16(19)20/h2-4,9-10,14,17H,5-6H2,1H3/t9-,10-/m0/s1. The van der Waals surface area contributed by atoms with Crippen molar-refractivity contribution in [2.24, 2.45) is 0 Å². The van der Waals surface area contributed by atoms with Gasteiger partial charge in [-0.25, -0.2) is 0 Å². The van der Waals surface area contributed by atoms with E-state index in [9.17, 15) is 20.0 Å². The van der Waals surface area contributed by atoms with E-state index in [4.69, 9.17) is 11.6 Å². The number of nitrogens with zero attached hydrogens (tertiary/aromatic N) is 2. The first kappa shape index (κ1) is 14.7. The molecule has 0 radical (unpaired) electrons. The van der Waals surface area contributed by atoms with Gasteiger partial charge in [-0.1, -0.05) is 17.7 Å². The topological polar surface area (TPSA) is 95.7 Å². The first-order chi connectivity index (χ1) is 9.43. The van der Waals surface area contributed by atoms with E-state index in [1.807, 2.05) is 0 Å². The smallest absolute Gasteiger partial charge is 0.283 e. The van der Waals surface area contributed by atoms with E-state index < -0.39 is 23.0 Å². The second-order valence-corrected chi connectivity index (χ2v) is 5.01. The molecule has 1 fully saturated rings. The highest BCUT2D eigenvalue weighted by molar-refractivity contribution is 6.34. The predicted molar refractivity (Wildman–Crippen MR) is 72.9 cm³/mol. The Morgan fingerprint density at radius 3 is 2.80 bits per heavy atom. The zero-order valence-electron chi connectivity index (χ0n) is 10.7. The Bertz CT molecular complexity index is 552. The maximum Gasteiger partial charge on any atom is 0.283 e. The van der Waals surface area contributed by atoms with Gasteiger partial charge in [-0.05, 0) is 6.07 Å². The number of hydrogen-bond donors (Lipinski definition) is 2. The van der Waals surface area contributed by atoms with Crippen LogP contribution < -0.4 is 5.32 Å². The summed E-state index contributed by atoms with van der Waals surface area (Å²) in [7, 11) is 1.50. The van der Waals surface area contributed by atoms with Gasteiger partial charge in [-0.15, -0.1) is 0 Å². The van der Waals surface area contributed by atoms with E-state index in [1.165, 1.54) is 30.1 Å². The van der Waals surface area contributed by atoms with E-state index in [2.05, 4.69) is 5.32 Å². The van der Waals surface area contributed by atoms with Crippen LogP contribution in [0.3, 0.4) is 0 Å². The molecule has 7 nitrogen and oxygen atoms in total. The van der Waals surface area contributed by atoms with E-state index in [0.29, 0.717) is 13.1 Å². The maximum absolute atomic E-state index is 12.4. The second kappa shape index (κ2) is 5.74. The third-order valence-electron chi connectivity index (χ3n) is 3.37. The number of nitrogens with one attached hydrogen (secondary N) is 1. The molecule has 0 saturated carbocycles. The number of nitro benzene ring substituents is 1. The number of amides is 1. The molecule has 1 aliphatic heterocycles. The van der Waals surface area contributed by atoms with Crippen LogP contribution in [0.15, 0.2) is 18.2 Å². The van der Waals surface area contributed by atoms with Gasteiger partial charge in [0.05, 0.1) is 22.1 Å². The third-order valence-corrected chi connectivity index (χ3v) is 3.69. The van der Waals surface area contributed by atoms with E-state index in [-0.39, 0.29) is 16.3 Å². The van der Waals surface area contributed by atoms with Crippen molar-refractivity contribution in [1.82, 2.24) is 10.2 Å². The molecule has 20 heavy (non-hydrogen) atoms. The fourth-order valence-corrected chi connectivity index (χ4v) is 2.50. The molecule has 1 saturated heterocycles. The molecule has 1 aromatic carbocycles. The van der Waals surface area contributed by atoms with Crippen LogP contribution in [-0.2, 0) is 0 Å². The van der Waals surface area contributed by atoms with Crippen LogP contribution in [0.4, 0.5) is 5.69 Å². The van der Waals surface area contributed by atoms with Crippen LogP contribution >= 0.6 is 11.6 Å². The summed E-state index contributed by atoms with van der Waals surface area (Å²) in [5.41, 5.74) is -0.490. The second-order valence-electron chi connectivity index (χ2n) is 4.60. The number of aliphatic hydroxyl groups is 1. The molecule has 0 bridgehead atoms. The number of aliphatic hydroxyl groups excluding tert-OH is 1. The molecule has 1 aromatic rings. The average Bonchev–Trinajstić information content (AvgIpc) is 2.83. The molecular weight excluding hydrogens is 286 g/mol. The minimum Gasteiger partial charge on any atom is -0.390 e. The Kier molecular flexibility index (Phi) is 4.22. The Balaban J connectivity index is 2.36. The van der Waals surface area contributed by atoms with Crippen molar-refractivity contribution in [3.8, 4) is 0 Å². The number of hydrogen-bond acceptors (Lipinski definition) is 5. The van der Waals surface area contributed by atoms with Gasteiger partial charge in [-0.3, -0.25) is 14.9 Å². The van der Waals surface area contributed by atoms with Crippen LogP contribution in [0.1, 0.15) is 10.4 Å². The minimum absolute atomic E-state index is 0.0245. The summed E-state index contributed by atoms with van der Waals surface area (Å²) in [5, 5.41) is 23.8. The Morgan fingerprint density at radius 2 is 2.25 bits per heavy atom. The Labute approximate surface area is 120 Å². The van der Waals surface area contributed by atoms with Gasteiger partial charge in [0.25, 0.3) is 11.6 Å². The quantitative estimate of drug-likeness (QED) is 0.631. The molecule has 0 spiro atoms. The molecule has 2 N–H and O–H groups in total. The number of likely N-dealkylation sites (N-methyl/N-ethyl adjacent to an activating group) is 1. The van der Waals surface area contributed by atoms with Gasteiger partial charge < -0.3 is 15.3 Å². The molecule has 0 aliphatic carbocycles. The number of β-amino-alcohol motifs (C(OH)–C–C–N with tert-alkyl or cyclic N) is 1. The monoisotopic (exact) mass is 299 g/mol. The van der Waals surface area contributed by atoms with Crippen molar-refractivity contribution in [2.75, 3.05) is 20.1 Å². The lowest BCUT2D eigenvalue weighted by Crippen LogP contribution is -2.44. The van der Waals surface area contributed by atoms with Crippen molar-refractivity contribution in [2.45, 2.75) is 12.1 Å². The summed E-state index contributed by atoms with van der Waals surface area (Å²) in [4.78, 5) is 24.1. The van der Waals surface area contributed by atoms with Crippen molar-refractivity contribution in [3.05, 3.63) is 38.9 Å². The number of carbonyl (C=O) groups is 1. The summed E-state index contributed by atoms with van der Waals surface area (Å²) in [5.74, 6) is -0.574. The fourth-order valence-electron chi connectivity index (χ4n) is 2.25. The summed E-state index contributed by atoms with van der Waals surface area (Å²) < 4.78 is 0. The number of nitro groups is 1. The van der Waals surface area contributed by atoms with Crippen molar-refractivity contribution in [3.63, 3.8) is 0 Å². The SMILES string of the molecule is CN(C(=O)c1c(Cl)cccc1[N+](=O)[O-])[C@H]1CNC[C@@H]1O. The van der Waals surface area contributed by atoms with Gasteiger partial charge in [0.2, 0.25) is 0 Å². The summed E-state index contributed by atoms with van der Waals surface area (Å²) in [6.45, 7) is 0.814. The van der Waals surface area contributed by atoms with Gasteiger partial charge in [-0.2, -0.15) is 0 Å². The van der Waals surface area contributed by atoms with E-state index in [1.54, 1.807) is 0 Å². The van der Waals surface area contributed by atoms with Crippen LogP contribution in [0.5, 0.6) is 0 Å². The van der Waals surface area contributed by atoms with Crippen LogP contribution in [0.2, 0.25) is 5.02 Å². The zero-order valence-corrected chi connectivity index (χ0v) is 11.5. The van der Waals surface area contributed by atoms with Gasteiger partial charge in [0.15, 0.2) is 0 Å². The zero-order chi connectivity index (χ0) is 14.9. The molecule has 2 rings (SSSR count). The molecule has 8 heteroatoms. The lowest BCUT2D eigenvalue weighted by atomic mass is 10.1. The summed E-state index contributed by atoms with van der Waals surface area (Å²) in [6, 6.07) is 3.65. The molecule has 1 amide bonds. The normalized spacial score (nSPS) is 21.8. The average molecular weight is 300 g/mol. The maximum atomic E-state index is 12.4. The number of carbonyl (C=O) groups excluding carboxylic acids is 1. The minimum atomic E-state index is -0.703. The van der Waals surface area contributed by atoms with E-state index in [0.717, 1.165) is 0 Å². The molecule has 2 atom stereocenters. The number of rotatable bonds is 3.